The Bertz CT molecular complexity index is 793. The number of carbonyl (C=O) groups is 1. The molecule has 8 heteroatoms. The van der Waals surface area contributed by atoms with Gasteiger partial charge in [0.15, 0.2) is 0 Å². The highest BCUT2D eigenvalue weighted by Crippen LogP contribution is 2.43. The molecule has 26 heavy (non-hydrogen) atoms. The first kappa shape index (κ1) is 19.2. The second-order valence-electron chi connectivity index (χ2n) is 6.22. The van der Waals surface area contributed by atoms with Crippen LogP contribution in [0.15, 0.2) is 36.4 Å². The predicted molar refractivity (Wildman–Crippen MR) is 94.6 cm³/mol. The van der Waals surface area contributed by atoms with Gasteiger partial charge >= 0.3 is 12.1 Å². The molecule has 1 fully saturated rings. The van der Waals surface area contributed by atoms with Gasteiger partial charge in [-0.25, -0.2) is 0 Å². The van der Waals surface area contributed by atoms with Crippen LogP contribution in [0.4, 0.5) is 13.2 Å². The number of carboxylic acids is 1. The predicted octanol–water partition coefficient (Wildman–Crippen LogP) is 5.45. The smallest absolute Gasteiger partial charge is 0.416 e. The number of benzene rings is 1. The van der Waals surface area contributed by atoms with Crippen molar-refractivity contribution in [1.29, 1.82) is 0 Å². The summed E-state index contributed by atoms with van der Waals surface area (Å²) in [5.41, 5.74) is -0.684. The summed E-state index contributed by atoms with van der Waals surface area (Å²) < 4.78 is 41.2. The molecule has 1 N–H and O–H groups in total. The Kier molecular flexibility index (Phi) is 5.60. The molecular formula is C18H17ClF3NO2S. The summed E-state index contributed by atoms with van der Waals surface area (Å²) >= 11 is 7.20. The number of rotatable bonds is 4. The standard InChI is InChI=1S/C18H17ClF3NO2S/c19-15-9-8-14(26-15)16(23-10-4-3-7-13(23)17(24)25)11-5-1-2-6-12(11)18(20,21)22/h1-2,5-6,8-9,13,16H,3-4,7,10H2,(H,24,25). The van der Waals surface area contributed by atoms with Crippen LogP contribution in [0.25, 0.3) is 0 Å². The Hall–Kier alpha value is -1.57. The van der Waals surface area contributed by atoms with Gasteiger partial charge in [0, 0.05) is 4.88 Å². The van der Waals surface area contributed by atoms with E-state index in [1.807, 2.05) is 0 Å². The SMILES string of the molecule is O=C(O)C1CCCCN1C(c1ccc(Cl)s1)c1ccccc1C(F)(F)F. The molecule has 2 aromatic rings. The molecular weight excluding hydrogens is 387 g/mol. The number of likely N-dealkylation sites (tertiary alicyclic amines) is 1. The Morgan fingerprint density at radius 2 is 1.96 bits per heavy atom. The quantitative estimate of drug-likeness (QED) is 0.738. The Labute approximate surface area is 158 Å². The minimum atomic E-state index is -4.52. The number of piperidine rings is 1. The van der Waals surface area contributed by atoms with Gasteiger partial charge in [0.25, 0.3) is 0 Å². The van der Waals surface area contributed by atoms with Crippen molar-refractivity contribution in [3.8, 4) is 0 Å². The normalized spacial score (nSPS) is 20.1. The van der Waals surface area contributed by atoms with Crippen molar-refractivity contribution in [2.45, 2.75) is 37.5 Å². The van der Waals surface area contributed by atoms with E-state index < -0.39 is 29.8 Å². The van der Waals surface area contributed by atoms with Crippen LogP contribution in [0.3, 0.4) is 0 Å². The molecule has 1 aliphatic heterocycles. The summed E-state index contributed by atoms with van der Waals surface area (Å²) in [6.45, 7) is 0.420. The van der Waals surface area contributed by atoms with Gasteiger partial charge in [-0.3, -0.25) is 9.69 Å². The van der Waals surface area contributed by atoms with Gasteiger partial charge in [0.2, 0.25) is 0 Å². The average Bonchev–Trinajstić information content (AvgIpc) is 3.01. The number of thiophene rings is 1. The lowest BCUT2D eigenvalue weighted by atomic mass is 9.92. The van der Waals surface area contributed by atoms with Gasteiger partial charge in [0.1, 0.15) is 6.04 Å². The largest absolute Gasteiger partial charge is 0.480 e. The number of nitrogens with zero attached hydrogens (tertiary/aromatic N) is 1. The first-order valence-electron chi connectivity index (χ1n) is 8.19. The third kappa shape index (κ3) is 3.89. The molecule has 2 unspecified atom stereocenters. The van der Waals surface area contributed by atoms with Crippen LogP contribution in [-0.2, 0) is 11.0 Å². The minimum absolute atomic E-state index is 0.0617. The fourth-order valence-corrected chi connectivity index (χ4v) is 4.69. The van der Waals surface area contributed by atoms with E-state index in [4.69, 9.17) is 11.6 Å². The maximum absolute atomic E-state index is 13.6. The fraction of sp³-hybridized carbons (Fsp3) is 0.389. The minimum Gasteiger partial charge on any atom is -0.480 e. The molecule has 3 rings (SSSR count). The van der Waals surface area contributed by atoms with Crippen molar-refractivity contribution in [3.05, 3.63) is 56.7 Å². The molecule has 1 saturated heterocycles. The average molecular weight is 404 g/mol. The van der Waals surface area contributed by atoms with Gasteiger partial charge < -0.3 is 5.11 Å². The molecule has 1 aromatic heterocycles. The first-order valence-corrected chi connectivity index (χ1v) is 9.38. The molecule has 0 bridgehead atoms. The van der Waals surface area contributed by atoms with Crippen LogP contribution in [0.2, 0.25) is 4.34 Å². The molecule has 0 aliphatic carbocycles. The van der Waals surface area contributed by atoms with Crippen LogP contribution < -0.4 is 0 Å². The van der Waals surface area contributed by atoms with Crippen LogP contribution >= 0.6 is 22.9 Å². The zero-order valence-corrected chi connectivity index (χ0v) is 15.2. The number of alkyl halides is 3. The first-order chi connectivity index (χ1) is 12.3. The second-order valence-corrected chi connectivity index (χ2v) is 7.96. The van der Waals surface area contributed by atoms with E-state index in [2.05, 4.69) is 0 Å². The van der Waals surface area contributed by atoms with Crippen molar-refractivity contribution in [3.63, 3.8) is 0 Å². The van der Waals surface area contributed by atoms with Crippen molar-refractivity contribution in [1.82, 2.24) is 4.90 Å². The second kappa shape index (κ2) is 7.58. The van der Waals surface area contributed by atoms with Gasteiger partial charge in [-0.05, 0) is 43.1 Å². The van der Waals surface area contributed by atoms with Crippen molar-refractivity contribution < 1.29 is 23.1 Å². The van der Waals surface area contributed by atoms with Gasteiger partial charge in [-0.15, -0.1) is 11.3 Å². The molecule has 0 radical (unpaired) electrons. The van der Waals surface area contributed by atoms with Crippen molar-refractivity contribution in [2.75, 3.05) is 6.54 Å². The van der Waals surface area contributed by atoms with E-state index in [1.54, 1.807) is 23.1 Å². The third-order valence-electron chi connectivity index (χ3n) is 4.59. The lowest BCUT2D eigenvalue weighted by Gasteiger charge is -2.39. The van der Waals surface area contributed by atoms with E-state index >= 15 is 0 Å². The summed E-state index contributed by atoms with van der Waals surface area (Å²) in [5, 5.41) is 9.60. The summed E-state index contributed by atoms with van der Waals surface area (Å²) in [7, 11) is 0. The third-order valence-corrected chi connectivity index (χ3v) is 5.87. The Balaban J connectivity index is 2.16. The maximum Gasteiger partial charge on any atom is 0.416 e. The highest BCUT2D eigenvalue weighted by molar-refractivity contribution is 7.16. The number of hydrogen-bond donors (Lipinski definition) is 1. The molecule has 1 aromatic carbocycles. The molecule has 0 amide bonds. The van der Waals surface area contributed by atoms with Crippen LogP contribution in [0.5, 0.6) is 0 Å². The number of hydrogen-bond acceptors (Lipinski definition) is 3. The molecule has 140 valence electrons. The molecule has 1 aliphatic rings. The van der Waals surface area contributed by atoms with Crippen molar-refractivity contribution in [2.24, 2.45) is 0 Å². The van der Waals surface area contributed by atoms with Crippen molar-refractivity contribution >= 4 is 28.9 Å². The van der Waals surface area contributed by atoms with E-state index in [1.165, 1.54) is 23.5 Å². The number of halogens is 4. The topological polar surface area (TPSA) is 40.5 Å². The summed E-state index contributed by atoms with van der Waals surface area (Å²) in [6.07, 6.45) is -2.62. The summed E-state index contributed by atoms with van der Waals surface area (Å²) in [6, 6.07) is 7.04. The van der Waals surface area contributed by atoms with E-state index in [-0.39, 0.29) is 5.56 Å². The van der Waals surface area contributed by atoms with Gasteiger partial charge in [-0.2, -0.15) is 13.2 Å². The molecule has 2 heterocycles. The van der Waals surface area contributed by atoms with Crippen LogP contribution in [0, 0.1) is 0 Å². The molecule has 0 saturated carbocycles. The zero-order chi connectivity index (χ0) is 18.9. The lowest BCUT2D eigenvalue weighted by molar-refractivity contribution is -0.145. The maximum atomic E-state index is 13.6. The van der Waals surface area contributed by atoms with E-state index in [0.717, 1.165) is 18.9 Å². The Morgan fingerprint density at radius 3 is 2.58 bits per heavy atom. The van der Waals surface area contributed by atoms with Crippen LogP contribution in [0.1, 0.15) is 41.3 Å². The number of carboxylic acid groups (broad SMARTS) is 1. The zero-order valence-electron chi connectivity index (χ0n) is 13.7. The monoisotopic (exact) mass is 403 g/mol. The van der Waals surface area contributed by atoms with E-state index in [9.17, 15) is 23.1 Å². The number of aliphatic carboxylic acids is 1. The molecule has 0 spiro atoms. The van der Waals surface area contributed by atoms with E-state index in [0.29, 0.717) is 22.2 Å². The Morgan fingerprint density at radius 1 is 1.23 bits per heavy atom. The molecule has 3 nitrogen and oxygen atoms in total. The highest BCUT2D eigenvalue weighted by atomic mass is 35.5. The lowest BCUT2D eigenvalue weighted by Crippen LogP contribution is -2.47. The van der Waals surface area contributed by atoms with Gasteiger partial charge in [0.05, 0.1) is 15.9 Å². The van der Waals surface area contributed by atoms with Gasteiger partial charge in [-0.1, -0.05) is 36.2 Å². The summed E-state index contributed by atoms with van der Waals surface area (Å²) in [5.74, 6) is -1.01. The van der Waals surface area contributed by atoms with Crippen LogP contribution in [-0.4, -0.2) is 28.6 Å². The summed E-state index contributed by atoms with van der Waals surface area (Å²) in [4.78, 5) is 14.0. The highest BCUT2D eigenvalue weighted by Gasteiger charge is 2.41. The fourth-order valence-electron chi connectivity index (χ4n) is 3.49. The molecule has 2 atom stereocenters.